The van der Waals surface area contributed by atoms with Gasteiger partial charge in [0, 0.05) is 17.3 Å². The van der Waals surface area contributed by atoms with Crippen molar-refractivity contribution in [3.63, 3.8) is 0 Å². The summed E-state index contributed by atoms with van der Waals surface area (Å²) in [4.78, 5) is 4.31. The summed E-state index contributed by atoms with van der Waals surface area (Å²) in [6, 6.07) is 4.19. The minimum atomic E-state index is 0.0943. The summed E-state index contributed by atoms with van der Waals surface area (Å²) in [5, 5.41) is 9.46. The molecular weight excluding hydrogens is 220 g/mol. The third-order valence-electron chi connectivity index (χ3n) is 2.35. The van der Waals surface area contributed by atoms with E-state index in [1.165, 1.54) is 11.5 Å². The van der Waals surface area contributed by atoms with Gasteiger partial charge in [0.05, 0.1) is 11.7 Å². The molecule has 4 nitrogen and oxygen atoms in total. The van der Waals surface area contributed by atoms with Crippen LogP contribution in [0.4, 0.5) is 0 Å². The maximum absolute atomic E-state index is 4.31. The molecule has 0 bridgehead atoms. The molecule has 0 fully saturated rings. The molecule has 0 radical (unpaired) electrons. The van der Waals surface area contributed by atoms with E-state index in [-0.39, 0.29) is 6.04 Å². The van der Waals surface area contributed by atoms with Crippen LogP contribution in [0.15, 0.2) is 23.7 Å². The topological polar surface area (TPSA) is 50.7 Å². The minimum absolute atomic E-state index is 0.0943. The maximum Gasteiger partial charge on any atom is 0.0970 e. The number of hydrogen-bond acceptors (Lipinski definition) is 5. The number of rotatable bonds is 4. The average Bonchev–Trinajstić information content (AvgIpc) is 2.81. The quantitative estimate of drug-likeness (QED) is 0.878. The van der Waals surface area contributed by atoms with Crippen LogP contribution in [-0.2, 0) is 0 Å². The molecule has 0 saturated heterocycles. The van der Waals surface area contributed by atoms with E-state index in [0.717, 1.165) is 23.5 Å². The highest BCUT2D eigenvalue weighted by Gasteiger charge is 2.15. The predicted molar refractivity (Wildman–Crippen MR) is 64.4 cm³/mol. The Hall–Kier alpha value is -1.33. The second-order valence-corrected chi connectivity index (χ2v) is 4.16. The van der Waals surface area contributed by atoms with Crippen LogP contribution >= 0.6 is 11.5 Å². The molecule has 0 spiro atoms. The fourth-order valence-corrected chi connectivity index (χ4v) is 2.02. The molecule has 1 atom stereocenters. The Morgan fingerprint density at radius 3 is 2.88 bits per heavy atom. The number of hydrogen-bond donors (Lipinski definition) is 1. The zero-order chi connectivity index (χ0) is 11.4. The van der Waals surface area contributed by atoms with Crippen molar-refractivity contribution in [2.24, 2.45) is 0 Å². The van der Waals surface area contributed by atoms with Gasteiger partial charge in [0.25, 0.3) is 0 Å². The van der Waals surface area contributed by atoms with E-state index in [4.69, 9.17) is 0 Å². The molecule has 0 aliphatic rings. The van der Waals surface area contributed by atoms with Gasteiger partial charge in [-0.3, -0.25) is 4.98 Å². The van der Waals surface area contributed by atoms with Gasteiger partial charge in [-0.1, -0.05) is 17.5 Å². The van der Waals surface area contributed by atoms with Crippen LogP contribution in [0.1, 0.15) is 29.9 Å². The lowest BCUT2D eigenvalue weighted by molar-refractivity contribution is 0.611. The second kappa shape index (κ2) is 5.14. The molecule has 0 aromatic carbocycles. The van der Waals surface area contributed by atoms with E-state index >= 15 is 0 Å². The molecule has 2 aromatic heterocycles. The van der Waals surface area contributed by atoms with Gasteiger partial charge in [-0.25, -0.2) is 0 Å². The van der Waals surface area contributed by atoms with Gasteiger partial charge in [0.1, 0.15) is 0 Å². The number of nitrogens with one attached hydrogen (secondary N) is 1. The summed E-state index contributed by atoms with van der Waals surface area (Å²) in [5.41, 5.74) is 3.10. The number of aryl methyl sites for hydroxylation is 1. The highest BCUT2D eigenvalue weighted by atomic mass is 32.1. The zero-order valence-electron chi connectivity index (χ0n) is 9.34. The Morgan fingerprint density at radius 2 is 2.31 bits per heavy atom. The molecule has 1 N–H and O–H groups in total. The molecule has 0 amide bonds. The lowest BCUT2D eigenvalue weighted by Gasteiger charge is -2.15. The van der Waals surface area contributed by atoms with Crippen molar-refractivity contribution in [1.82, 2.24) is 19.9 Å². The Kier molecular flexibility index (Phi) is 3.58. The molecule has 84 valence electrons. The SMILES string of the molecule is CCNC(c1ccc(C)nc1)c1csnn1. The Balaban J connectivity index is 2.29. The van der Waals surface area contributed by atoms with Crippen LogP contribution in [0.25, 0.3) is 0 Å². The second-order valence-electron chi connectivity index (χ2n) is 3.55. The smallest absolute Gasteiger partial charge is 0.0970 e. The van der Waals surface area contributed by atoms with Crippen LogP contribution in [0.2, 0.25) is 0 Å². The van der Waals surface area contributed by atoms with Crippen LogP contribution in [0, 0.1) is 6.92 Å². The van der Waals surface area contributed by atoms with Crippen molar-refractivity contribution in [2.45, 2.75) is 19.9 Å². The van der Waals surface area contributed by atoms with Crippen LogP contribution < -0.4 is 5.32 Å². The van der Waals surface area contributed by atoms with Gasteiger partial charge >= 0.3 is 0 Å². The predicted octanol–water partition coefficient (Wildman–Crippen LogP) is 1.94. The molecule has 2 rings (SSSR count). The number of nitrogens with zero attached hydrogens (tertiary/aromatic N) is 3. The van der Waals surface area contributed by atoms with E-state index < -0.39 is 0 Å². The molecule has 0 aliphatic carbocycles. The molecule has 1 unspecified atom stereocenters. The molecule has 2 heterocycles. The highest BCUT2D eigenvalue weighted by Crippen LogP contribution is 2.20. The van der Waals surface area contributed by atoms with Crippen molar-refractivity contribution in [2.75, 3.05) is 6.54 Å². The average molecular weight is 234 g/mol. The van der Waals surface area contributed by atoms with Gasteiger partial charge < -0.3 is 5.32 Å². The first-order valence-corrected chi connectivity index (χ1v) is 6.07. The fraction of sp³-hybridized carbons (Fsp3) is 0.364. The summed E-state index contributed by atoms with van der Waals surface area (Å²) in [6.45, 7) is 4.95. The molecule has 0 aliphatic heterocycles. The third-order valence-corrected chi connectivity index (χ3v) is 2.87. The number of pyridine rings is 1. The van der Waals surface area contributed by atoms with Crippen LogP contribution in [0.3, 0.4) is 0 Å². The maximum atomic E-state index is 4.31. The van der Waals surface area contributed by atoms with Crippen molar-refractivity contribution < 1.29 is 0 Å². The zero-order valence-corrected chi connectivity index (χ0v) is 10.2. The third kappa shape index (κ3) is 2.43. The standard InChI is InChI=1S/C11H14N4S/c1-3-12-11(10-7-16-15-14-10)9-5-4-8(2)13-6-9/h4-7,11-12H,3H2,1-2H3. The largest absolute Gasteiger partial charge is 0.305 e. The molecular formula is C11H14N4S. The molecule has 0 saturated carbocycles. The van der Waals surface area contributed by atoms with Crippen LogP contribution in [0.5, 0.6) is 0 Å². The summed E-state index contributed by atoms with van der Waals surface area (Å²) in [6.07, 6.45) is 1.89. The monoisotopic (exact) mass is 234 g/mol. The van der Waals surface area contributed by atoms with Gasteiger partial charge in [-0.15, -0.1) is 5.10 Å². The first-order chi connectivity index (χ1) is 7.81. The summed E-state index contributed by atoms with van der Waals surface area (Å²) >= 11 is 1.37. The first kappa shape index (κ1) is 11.2. The highest BCUT2D eigenvalue weighted by molar-refractivity contribution is 7.03. The molecule has 16 heavy (non-hydrogen) atoms. The Morgan fingerprint density at radius 1 is 1.44 bits per heavy atom. The van der Waals surface area contributed by atoms with E-state index in [1.807, 2.05) is 24.6 Å². The summed E-state index contributed by atoms with van der Waals surface area (Å²) in [7, 11) is 0. The fourth-order valence-electron chi connectivity index (χ4n) is 1.54. The van der Waals surface area contributed by atoms with E-state index in [9.17, 15) is 0 Å². The van der Waals surface area contributed by atoms with Crippen molar-refractivity contribution in [3.05, 3.63) is 40.7 Å². The van der Waals surface area contributed by atoms with Gasteiger partial charge in [-0.05, 0) is 36.6 Å². The van der Waals surface area contributed by atoms with E-state index in [0.29, 0.717) is 0 Å². The summed E-state index contributed by atoms with van der Waals surface area (Å²) < 4.78 is 3.90. The van der Waals surface area contributed by atoms with E-state index in [1.54, 1.807) is 0 Å². The number of aromatic nitrogens is 3. The van der Waals surface area contributed by atoms with E-state index in [2.05, 4.69) is 32.9 Å². The summed E-state index contributed by atoms with van der Waals surface area (Å²) in [5.74, 6) is 0. The first-order valence-electron chi connectivity index (χ1n) is 5.24. The molecule has 2 aromatic rings. The van der Waals surface area contributed by atoms with Gasteiger partial charge in [0.2, 0.25) is 0 Å². The van der Waals surface area contributed by atoms with Crippen molar-refractivity contribution in [1.29, 1.82) is 0 Å². The Labute approximate surface area is 98.9 Å². The lowest BCUT2D eigenvalue weighted by Crippen LogP contribution is -2.22. The molecule has 5 heteroatoms. The van der Waals surface area contributed by atoms with Crippen LogP contribution in [-0.4, -0.2) is 21.1 Å². The normalized spacial score (nSPS) is 12.6. The van der Waals surface area contributed by atoms with Crippen molar-refractivity contribution in [3.8, 4) is 0 Å². The lowest BCUT2D eigenvalue weighted by atomic mass is 10.1. The Bertz CT molecular complexity index is 424. The van der Waals surface area contributed by atoms with Crippen molar-refractivity contribution >= 4 is 11.5 Å². The van der Waals surface area contributed by atoms with Gasteiger partial charge in [0.15, 0.2) is 0 Å². The van der Waals surface area contributed by atoms with Gasteiger partial charge in [-0.2, -0.15) is 0 Å². The minimum Gasteiger partial charge on any atom is -0.305 e.